The molecule has 17 heavy (non-hydrogen) atoms. The number of hydrogen-bond donors (Lipinski definition) is 0. The molecular formula is C14H18N2O. The Morgan fingerprint density at radius 2 is 2.18 bits per heavy atom. The van der Waals surface area contributed by atoms with E-state index in [0.29, 0.717) is 12.5 Å². The summed E-state index contributed by atoms with van der Waals surface area (Å²) in [6.07, 6.45) is 7.03. The van der Waals surface area contributed by atoms with Crippen molar-refractivity contribution in [3.8, 4) is 0 Å². The van der Waals surface area contributed by atoms with Crippen molar-refractivity contribution in [3.05, 3.63) is 29.6 Å². The first kappa shape index (κ1) is 10.8. The lowest BCUT2D eigenvalue weighted by Crippen LogP contribution is -2.06. The van der Waals surface area contributed by atoms with Crippen molar-refractivity contribution in [2.75, 3.05) is 6.61 Å². The molecule has 0 radical (unpaired) electrons. The predicted molar refractivity (Wildman–Crippen MR) is 67.1 cm³/mol. The number of pyridine rings is 1. The summed E-state index contributed by atoms with van der Waals surface area (Å²) < 4.78 is 0. The van der Waals surface area contributed by atoms with Crippen molar-refractivity contribution in [1.82, 2.24) is 4.98 Å². The summed E-state index contributed by atoms with van der Waals surface area (Å²) in [5.74, 6) is 1.31. The van der Waals surface area contributed by atoms with E-state index in [-0.39, 0.29) is 0 Å². The molecule has 0 unspecified atom stereocenters. The van der Waals surface area contributed by atoms with Crippen LogP contribution in [0.4, 0.5) is 0 Å². The number of oxime groups is 1. The van der Waals surface area contributed by atoms with Gasteiger partial charge in [-0.3, -0.25) is 4.98 Å². The van der Waals surface area contributed by atoms with Gasteiger partial charge in [-0.25, -0.2) is 0 Å². The van der Waals surface area contributed by atoms with E-state index in [1.54, 1.807) is 0 Å². The minimum Gasteiger partial charge on any atom is -0.396 e. The molecule has 1 heterocycles. The van der Waals surface area contributed by atoms with Crippen LogP contribution >= 0.6 is 0 Å². The molecular weight excluding hydrogens is 212 g/mol. The normalized spacial score (nSPS) is 20.4. The van der Waals surface area contributed by atoms with Gasteiger partial charge < -0.3 is 4.84 Å². The largest absolute Gasteiger partial charge is 0.396 e. The molecule has 0 N–H and O–H groups in total. The highest BCUT2D eigenvalue weighted by atomic mass is 16.6. The van der Waals surface area contributed by atoms with Gasteiger partial charge in [0.05, 0.1) is 5.71 Å². The van der Waals surface area contributed by atoms with Gasteiger partial charge in [0.15, 0.2) is 0 Å². The van der Waals surface area contributed by atoms with Crippen molar-refractivity contribution < 1.29 is 4.84 Å². The van der Waals surface area contributed by atoms with Crippen LogP contribution in [-0.4, -0.2) is 17.3 Å². The number of aromatic nitrogens is 1. The Bertz CT molecular complexity index is 416. The first-order valence-electron chi connectivity index (χ1n) is 6.54. The molecule has 90 valence electrons. The quantitative estimate of drug-likeness (QED) is 0.575. The van der Waals surface area contributed by atoms with E-state index in [2.05, 4.69) is 22.3 Å². The Morgan fingerprint density at radius 3 is 2.71 bits per heavy atom. The van der Waals surface area contributed by atoms with E-state index in [4.69, 9.17) is 4.84 Å². The molecule has 1 aromatic rings. The van der Waals surface area contributed by atoms with Gasteiger partial charge in [-0.1, -0.05) is 5.16 Å². The zero-order valence-corrected chi connectivity index (χ0v) is 10.2. The third-order valence-electron chi connectivity index (χ3n) is 3.33. The van der Waals surface area contributed by atoms with Gasteiger partial charge in [0, 0.05) is 29.3 Å². The molecule has 0 aromatic carbocycles. The van der Waals surface area contributed by atoms with Crippen molar-refractivity contribution >= 4 is 5.71 Å². The Morgan fingerprint density at radius 1 is 1.35 bits per heavy atom. The predicted octanol–water partition coefficient (Wildman–Crippen LogP) is 3.11. The average molecular weight is 230 g/mol. The van der Waals surface area contributed by atoms with Crippen LogP contribution < -0.4 is 0 Å². The summed E-state index contributed by atoms with van der Waals surface area (Å²) in [6.45, 7) is 2.59. The molecule has 3 rings (SSSR count). The van der Waals surface area contributed by atoms with Gasteiger partial charge in [-0.15, -0.1) is 0 Å². The fourth-order valence-corrected chi connectivity index (χ4v) is 2.03. The molecule has 2 aliphatic rings. The zero-order chi connectivity index (χ0) is 11.7. The first-order chi connectivity index (χ1) is 8.38. The zero-order valence-electron chi connectivity index (χ0n) is 10.2. The van der Waals surface area contributed by atoms with Crippen LogP contribution in [0.2, 0.25) is 0 Å². The van der Waals surface area contributed by atoms with Crippen molar-refractivity contribution in [3.63, 3.8) is 0 Å². The molecule has 0 amide bonds. The Balaban J connectivity index is 1.79. The monoisotopic (exact) mass is 230 g/mol. The maximum absolute atomic E-state index is 5.20. The van der Waals surface area contributed by atoms with Crippen molar-refractivity contribution in [1.29, 1.82) is 0 Å². The lowest BCUT2D eigenvalue weighted by molar-refractivity contribution is 0.158. The second-order valence-electron chi connectivity index (χ2n) is 4.91. The molecule has 0 atom stereocenters. The van der Waals surface area contributed by atoms with E-state index in [1.165, 1.54) is 31.4 Å². The number of rotatable bonds is 5. The molecule has 0 bridgehead atoms. The van der Waals surface area contributed by atoms with E-state index in [9.17, 15) is 0 Å². The van der Waals surface area contributed by atoms with E-state index in [1.807, 2.05) is 13.1 Å². The Labute approximate surface area is 102 Å². The number of nitrogens with zero attached hydrogens (tertiary/aromatic N) is 2. The third-order valence-corrected chi connectivity index (χ3v) is 3.33. The molecule has 2 fully saturated rings. The standard InChI is InChI=1S/C14H18N2O/c1-2-17-16-14(11-5-6-11)12-7-8-13(15-9-12)10-3-4-10/h7-11H,2-6H2,1H3/b16-14+. The lowest BCUT2D eigenvalue weighted by atomic mass is 10.1. The maximum atomic E-state index is 5.20. The summed E-state index contributed by atoms with van der Waals surface area (Å²) in [7, 11) is 0. The molecule has 0 spiro atoms. The van der Waals surface area contributed by atoms with Gasteiger partial charge in [0.25, 0.3) is 0 Å². The summed E-state index contributed by atoms with van der Waals surface area (Å²) in [5.41, 5.74) is 3.45. The average Bonchev–Trinajstić information content (AvgIpc) is 3.22. The number of hydrogen-bond acceptors (Lipinski definition) is 3. The molecule has 0 saturated heterocycles. The second kappa shape index (κ2) is 4.47. The highest BCUT2D eigenvalue weighted by Gasteiger charge is 2.30. The van der Waals surface area contributed by atoms with Gasteiger partial charge in [0.1, 0.15) is 6.61 Å². The van der Waals surface area contributed by atoms with Gasteiger partial charge >= 0.3 is 0 Å². The summed E-state index contributed by atoms with van der Waals surface area (Å²) in [4.78, 5) is 9.75. The van der Waals surface area contributed by atoms with E-state index < -0.39 is 0 Å². The van der Waals surface area contributed by atoms with Crippen LogP contribution in [0.25, 0.3) is 0 Å². The smallest absolute Gasteiger partial charge is 0.114 e. The Kier molecular flexibility index (Phi) is 2.83. The minimum absolute atomic E-state index is 0.593. The van der Waals surface area contributed by atoms with Crippen LogP contribution in [0, 0.1) is 5.92 Å². The van der Waals surface area contributed by atoms with Crippen LogP contribution in [-0.2, 0) is 4.84 Å². The third kappa shape index (κ3) is 2.48. The van der Waals surface area contributed by atoms with Crippen LogP contribution in [0.15, 0.2) is 23.5 Å². The summed E-state index contributed by atoms with van der Waals surface area (Å²) in [5, 5.41) is 4.24. The topological polar surface area (TPSA) is 34.5 Å². The highest BCUT2D eigenvalue weighted by molar-refractivity contribution is 6.03. The van der Waals surface area contributed by atoms with Gasteiger partial charge in [-0.05, 0) is 44.7 Å². The maximum Gasteiger partial charge on any atom is 0.114 e. The SMILES string of the molecule is CCO/N=C(/c1ccc(C2CC2)nc1)C1CC1. The summed E-state index contributed by atoms with van der Waals surface area (Å²) in [6, 6.07) is 4.30. The van der Waals surface area contributed by atoms with Crippen LogP contribution in [0.5, 0.6) is 0 Å². The lowest BCUT2D eigenvalue weighted by Gasteiger charge is -2.05. The first-order valence-corrected chi connectivity index (χ1v) is 6.54. The molecule has 2 saturated carbocycles. The van der Waals surface area contributed by atoms with Crippen LogP contribution in [0.3, 0.4) is 0 Å². The van der Waals surface area contributed by atoms with E-state index >= 15 is 0 Å². The van der Waals surface area contributed by atoms with Crippen molar-refractivity contribution in [2.45, 2.75) is 38.5 Å². The second-order valence-corrected chi connectivity index (χ2v) is 4.91. The molecule has 1 aromatic heterocycles. The highest BCUT2D eigenvalue weighted by Crippen LogP contribution is 2.39. The van der Waals surface area contributed by atoms with Gasteiger partial charge in [0.2, 0.25) is 0 Å². The summed E-state index contributed by atoms with van der Waals surface area (Å²) >= 11 is 0. The molecule has 3 nitrogen and oxygen atoms in total. The van der Waals surface area contributed by atoms with Gasteiger partial charge in [-0.2, -0.15) is 0 Å². The van der Waals surface area contributed by atoms with Crippen molar-refractivity contribution in [2.24, 2.45) is 11.1 Å². The fourth-order valence-electron chi connectivity index (χ4n) is 2.03. The molecule has 2 aliphatic carbocycles. The molecule has 0 aliphatic heterocycles. The van der Waals surface area contributed by atoms with Crippen LogP contribution in [0.1, 0.15) is 49.8 Å². The van der Waals surface area contributed by atoms with E-state index in [0.717, 1.165) is 17.2 Å². The Hall–Kier alpha value is -1.38. The molecule has 3 heteroatoms. The minimum atomic E-state index is 0.593. The fraction of sp³-hybridized carbons (Fsp3) is 0.571.